The molecule has 0 aromatic carbocycles. The van der Waals surface area contributed by atoms with Gasteiger partial charge >= 0.3 is 0 Å². The molecule has 0 atom stereocenters. The minimum atomic E-state index is 0. The van der Waals surface area contributed by atoms with Crippen LogP contribution in [-0.2, 0) is 18.3 Å². The minimum Gasteiger partial charge on any atom is -0.385 e. The van der Waals surface area contributed by atoms with Gasteiger partial charge in [0.15, 0.2) is 11.8 Å². The zero-order valence-electron chi connectivity index (χ0n) is 13.6. The van der Waals surface area contributed by atoms with Crippen molar-refractivity contribution in [1.29, 1.82) is 0 Å². The fourth-order valence-electron chi connectivity index (χ4n) is 2.63. The lowest BCUT2D eigenvalue weighted by atomic mass is 9.67. The molecule has 7 nitrogen and oxygen atoms in total. The molecular formula is C14H27IN6O. The molecule has 1 saturated carbocycles. The van der Waals surface area contributed by atoms with Gasteiger partial charge in [0.2, 0.25) is 0 Å². The highest BCUT2D eigenvalue weighted by Gasteiger charge is 2.36. The molecule has 22 heavy (non-hydrogen) atoms. The molecule has 126 valence electrons. The lowest BCUT2D eigenvalue weighted by Crippen LogP contribution is -2.46. The second-order valence-electron chi connectivity index (χ2n) is 5.73. The lowest BCUT2D eigenvalue weighted by molar-refractivity contribution is 0.0732. The molecule has 0 spiro atoms. The van der Waals surface area contributed by atoms with Crippen LogP contribution < -0.4 is 10.6 Å². The second kappa shape index (κ2) is 9.29. The number of aryl methyl sites for hydroxylation is 1. The predicted molar refractivity (Wildman–Crippen MR) is 97.4 cm³/mol. The summed E-state index contributed by atoms with van der Waals surface area (Å²) in [5.74, 6) is 1.69. The average molecular weight is 422 g/mol. The molecule has 1 aromatic rings. The van der Waals surface area contributed by atoms with E-state index in [1.54, 1.807) is 20.5 Å². The van der Waals surface area contributed by atoms with E-state index in [4.69, 9.17) is 4.74 Å². The molecule has 0 bridgehead atoms. The lowest BCUT2D eigenvalue weighted by Gasteiger charge is -2.42. The van der Waals surface area contributed by atoms with E-state index in [1.807, 2.05) is 11.6 Å². The number of guanidine groups is 1. The minimum absolute atomic E-state index is 0. The fourth-order valence-corrected chi connectivity index (χ4v) is 2.63. The number of halogens is 1. The third-order valence-electron chi connectivity index (χ3n) is 4.32. The summed E-state index contributed by atoms with van der Waals surface area (Å²) in [6.45, 7) is 2.38. The van der Waals surface area contributed by atoms with E-state index < -0.39 is 0 Å². The molecular weight excluding hydrogens is 395 g/mol. The van der Waals surface area contributed by atoms with Crippen molar-refractivity contribution in [3.05, 3.63) is 12.2 Å². The Balaban J connectivity index is 0.00000242. The Kier molecular flexibility index (Phi) is 8.08. The summed E-state index contributed by atoms with van der Waals surface area (Å²) in [7, 11) is 5.48. The quantitative estimate of drug-likeness (QED) is 0.394. The first-order valence-corrected chi connectivity index (χ1v) is 7.45. The first-order valence-electron chi connectivity index (χ1n) is 7.45. The van der Waals surface area contributed by atoms with Crippen LogP contribution in [0, 0.1) is 5.41 Å². The number of hydrogen-bond acceptors (Lipinski definition) is 4. The standard InChI is InChI=1S/C14H26N6O.HI/c1-15-13(16-9-12-19-18-11-20(12)2)17-10-14(5-4-6-14)7-8-21-3;/h11H,4-10H2,1-3H3,(H2,15,16,17);1H. The van der Waals surface area contributed by atoms with Crippen LogP contribution >= 0.6 is 24.0 Å². The van der Waals surface area contributed by atoms with Gasteiger partial charge in [-0.1, -0.05) is 6.42 Å². The van der Waals surface area contributed by atoms with Gasteiger partial charge in [0.25, 0.3) is 0 Å². The second-order valence-corrected chi connectivity index (χ2v) is 5.73. The maximum absolute atomic E-state index is 5.22. The molecule has 1 aliphatic rings. The van der Waals surface area contributed by atoms with Crippen LogP contribution in [0.15, 0.2) is 11.3 Å². The van der Waals surface area contributed by atoms with E-state index in [9.17, 15) is 0 Å². The number of ether oxygens (including phenoxy) is 1. The third kappa shape index (κ3) is 5.08. The third-order valence-corrected chi connectivity index (χ3v) is 4.32. The zero-order valence-corrected chi connectivity index (χ0v) is 16.0. The van der Waals surface area contributed by atoms with Crippen molar-refractivity contribution in [2.45, 2.75) is 32.2 Å². The van der Waals surface area contributed by atoms with Crippen molar-refractivity contribution in [2.24, 2.45) is 17.5 Å². The molecule has 1 fully saturated rings. The summed E-state index contributed by atoms with van der Waals surface area (Å²) in [5.41, 5.74) is 0.373. The van der Waals surface area contributed by atoms with Gasteiger partial charge in [-0.25, -0.2) is 0 Å². The molecule has 1 aromatic heterocycles. The van der Waals surface area contributed by atoms with E-state index >= 15 is 0 Å². The van der Waals surface area contributed by atoms with E-state index in [2.05, 4.69) is 25.8 Å². The van der Waals surface area contributed by atoms with E-state index in [1.165, 1.54) is 19.3 Å². The van der Waals surface area contributed by atoms with Gasteiger partial charge in [-0.3, -0.25) is 4.99 Å². The Morgan fingerprint density at radius 2 is 2.23 bits per heavy atom. The van der Waals surface area contributed by atoms with Crippen molar-refractivity contribution in [1.82, 2.24) is 25.4 Å². The van der Waals surface area contributed by atoms with Crippen LogP contribution in [0.5, 0.6) is 0 Å². The van der Waals surface area contributed by atoms with Crippen molar-refractivity contribution >= 4 is 29.9 Å². The molecule has 1 heterocycles. The van der Waals surface area contributed by atoms with Crippen LogP contribution in [0.2, 0.25) is 0 Å². The Labute approximate surface area is 149 Å². The van der Waals surface area contributed by atoms with Crippen LogP contribution in [0.25, 0.3) is 0 Å². The Hall–Kier alpha value is -0.900. The van der Waals surface area contributed by atoms with Gasteiger partial charge < -0.3 is 19.9 Å². The largest absolute Gasteiger partial charge is 0.385 e. The molecule has 1 aliphatic carbocycles. The van der Waals surface area contributed by atoms with Gasteiger partial charge in [-0.15, -0.1) is 34.2 Å². The zero-order chi connectivity index (χ0) is 15.1. The maximum Gasteiger partial charge on any atom is 0.191 e. The van der Waals surface area contributed by atoms with Crippen LogP contribution in [-0.4, -0.2) is 48.0 Å². The summed E-state index contributed by atoms with van der Waals surface area (Å²) in [4.78, 5) is 4.26. The normalized spacial score (nSPS) is 16.6. The number of hydrogen-bond donors (Lipinski definition) is 2. The Morgan fingerprint density at radius 1 is 1.45 bits per heavy atom. The van der Waals surface area contributed by atoms with E-state index in [0.717, 1.165) is 31.4 Å². The summed E-state index contributed by atoms with van der Waals surface area (Å²) in [5, 5.41) is 14.6. The Bertz CT molecular complexity index is 472. The van der Waals surface area contributed by atoms with Crippen LogP contribution in [0.1, 0.15) is 31.5 Å². The predicted octanol–water partition coefficient (Wildman–Crippen LogP) is 1.30. The van der Waals surface area contributed by atoms with Gasteiger partial charge in [-0.05, 0) is 24.7 Å². The molecule has 0 unspecified atom stereocenters. The van der Waals surface area contributed by atoms with Gasteiger partial charge in [0, 0.05) is 34.4 Å². The van der Waals surface area contributed by atoms with E-state index in [-0.39, 0.29) is 24.0 Å². The summed E-state index contributed by atoms with van der Waals surface area (Å²) in [6.07, 6.45) is 6.65. The van der Waals surface area contributed by atoms with Gasteiger partial charge in [-0.2, -0.15) is 0 Å². The number of aliphatic imine (C=N–C) groups is 1. The summed E-state index contributed by atoms with van der Waals surface area (Å²) < 4.78 is 7.12. The molecule has 0 aliphatic heterocycles. The molecule has 0 saturated heterocycles. The van der Waals surface area contributed by atoms with Gasteiger partial charge in [0.1, 0.15) is 6.33 Å². The number of nitrogens with zero attached hydrogens (tertiary/aromatic N) is 4. The first-order chi connectivity index (χ1) is 10.2. The highest BCUT2D eigenvalue weighted by molar-refractivity contribution is 14.0. The maximum atomic E-state index is 5.22. The molecule has 0 radical (unpaired) electrons. The number of methoxy groups -OCH3 is 1. The first kappa shape index (κ1) is 19.1. The molecule has 0 amide bonds. The van der Waals surface area contributed by atoms with Gasteiger partial charge in [0.05, 0.1) is 6.54 Å². The molecule has 2 rings (SSSR count). The SMILES string of the molecule is CN=C(NCc1nncn1C)NCC1(CCOC)CCC1.I. The summed E-state index contributed by atoms with van der Waals surface area (Å²) >= 11 is 0. The van der Waals surface area contributed by atoms with Crippen molar-refractivity contribution in [3.63, 3.8) is 0 Å². The number of rotatable bonds is 7. The number of nitrogens with one attached hydrogen (secondary N) is 2. The van der Waals surface area contributed by atoms with Crippen molar-refractivity contribution < 1.29 is 4.74 Å². The van der Waals surface area contributed by atoms with Crippen LogP contribution in [0.4, 0.5) is 0 Å². The topological polar surface area (TPSA) is 76.4 Å². The summed E-state index contributed by atoms with van der Waals surface area (Å²) in [6, 6.07) is 0. The molecule has 2 N–H and O–H groups in total. The van der Waals surface area contributed by atoms with Crippen LogP contribution in [0.3, 0.4) is 0 Å². The van der Waals surface area contributed by atoms with Crippen molar-refractivity contribution in [3.8, 4) is 0 Å². The smallest absolute Gasteiger partial charge is 0.191 e. The highest BCUT2D eigenvalue weighted by Crippen LogP contribution is 2.43. The van der Waals surface area contributed by atoms with E-state index in [0.29, 0.717) is 12.0 Å². The average Bonchev–Trinajstić information content (AvgIpc) is 2.86. The van der Waals surface area contributed by atoms with Crippen molar-refractivity contribution in [2.75, 3.05) is 27.3 Å². The number of aromatic nitrogens is 3. The molecule has 8 heteroatoms. The Morgan fingerprint density at radius 3 is 2.73 bits per heavy atom. The monoisotopic (exact) mass is 422 g/mol. The fraction of sp³-hybridized carbons (Fsp3) is 0.786. The highest BCUT2D eigenvalue weighted by atomic mass is 127.